The third kappa shape index (κ3) is 14.6. The number of hydrogen-bond acceptors (Lipinski definition) is 0. The van der Waals surface area contributed by atoms with E-state index in [-0.39, 0.29) is 0 Å². The van der Waals surface area contributed by atoms with E-state index in [1.807, 2.05) is 0 Å². The van der Waals surface area contributed by atoms with E-state index in [4.69, 9.17) is 0 Å². The van der Waals surface area contributed by atoms with Gasteiger partial charge in [0.05, 0.1) is 5.57 Å². The van der Waals surface area contributed by atoms with Crippen molar-refractivity contribution in [2.75, 3.05) is 0 Å². The van der Waals surface area contributed by atoms with Gasteiger partial charge in [-0.15, -0.1) is 0 Å². The van der Waals surface area contributed by atoms with Gasteiger partial charge in [-0.25, -0.2) is 4.70 Å². The van der Waals surface area contributed by atoms with Crippen LogP contribution in [0.25, 0.3) is 16.9 Å². The van der Waals surface area contributed by atoms with Crippen LogP contribution >= 0.6 is 0 Å². The summed E-state index contributed by atoms with van der Waals surface area (Å²) in [4.78, 5) is 0. The van der Waals surface area contributed by atoms with Crippen LogP contribution in [0.2, 0.25) is 0 Å². The topological polar surface area (TPSA) is 25.3 Å². The van der Waals surface area contributed by atoms with Crippen LogP contribution in [0.3, 0.4) is 0 Å². The largest absolute Gasteiger partial charge is 0.493 e. The fourth-order valence-corrected chi connectivity index (χ4v) is 6.99. The standard InChI is InChI=1S/C48H70N2/c1-5-9-13-15-17-18-19-20-21-22-23-25-28-35-46-45(34-27-24-16-14-10-6-2)47(43-38-36-41(37-39-43)31-26-11-7-3)50(49)48(46)44-33-29-32-42(40-44)30-12-8-4/h28-29,32-33,35-40H,5-26,30-31H2,1-4H3. The lowest BCUT2D eigenvalue weighted by molar-refractivity contribution is -0.344. The maximum atomic E-state index is 12.1. The summed E-state index contributed by atoms with van der Waals surface area (Å²) < 4.78 is 1.45. The van der Waals surface area contributed by atoms with Gasteiger partial charge in [0.2, 0.25) is 11.4 Å². The quantitative estimate of drug-likeness (QED) is 0.0539. The minimum absolute atomic E-state index is 0.814. The van der Waals surface area contributed by atoms with Crippen LogP contribution in [0.1, 0.15) is 191 Å². The lowest BCUT2D eigenvalue weighted by Crippen LogP contribution is -2.03. The van der Waals surface area contributed by atoms with Crippen molar-refractivity contribution in [3.8, 4) is 11.8 Å². The van der Waals surface area contributed by atoms with Gasteiger partial charge in [0.15, 0.2) is 0 Å². The Morgan fingerprint density at radius 2 is 1.14 bits per heavy atom. The predicted molar refractivity (Wildman–Crippen MR) is 219 cm³/mol. The molecule has 1 heterocycles. The zero-order valence-electron chi connectivity index (χ0n) is 32.6. The van der Waals surface area contributed by atoms with Gasteiger partial charge in [0, 0.05) is 17.5 Å². The maximum Gasteiger partial charge on any atom is 0.223 e. The van der Waals surface area contributed by atoms with E-state index in [0.717, 1.165) is 65.8 Å². The van der Waals surface area contributed by atoms with Crippen LogP contribution in [0.4, 0.5) is 0 Å². The first kappa shape index (κ1) is 41.2. The molecule has 0 aliphatic carbocycles. The second-order valence-electron chi connectivity index (χ2n) is 14.6. The van der Waals surface area contributed by atoms with Gasteiger partial charge in [-0.2, -0.15) is 0 Å². The molecule has 3 rings (SSSR count). The van der Waals surface area contributed by atoms with Gasteiger partial charge in [0.25, 0.3) is 0 Å². The van der Waals surface area contributed by atoms with Crippen LogP contribution in [-0.4, -0.2) is 4.70 Å². The van der Waals surface area contributed by atoms with Gasteiger partial charge >= 0.3 is 0 Å². The van der Waals surface area contributed by atoms with Crippen LogP contribution in [0.15, 0.2) is 71.8 Å². The fourth-order valence-electron chi connectivity index (χ4n) is 6.99. The molecule has 2 aromatic carbocycles. The summed E-state index contributed by atoms with van der Waals surface area (Å²) in [6.45, 7) is 9.05. The Morgan fingerprint density at radius 3 is 1.80 bits per heavy atom. The Bertz CT molecular complexity index is 1410. The summed E-state index contributed by atoms with van der Waals surface area (Å²) in [5, 5.41) is 0. The Kier molecular flexibility index (Phi) is 21.2. The molecule has 0 bridgehead atoms. The molecule has 1 aliphatic heterocycles. The van der Waals surface area contributed by atoms with Gasteiger partial charge < -0.3 is 5.53 Å². The van der Waals surface area contributed by atoms with Crippen LogP contribution in [0.5, 0.6) is 0 Å². The van der Waals surface area contributed by atoms with Gasteiger partial charge in [-0.1, -0.05) is 179 Å². The molecule has 0 fully saturated rings. The van der Waals surface area contributed by atoms with E-state index in [9.17, 15) is 5.53 Å². The third-order valence-electron chi connectivity index (χ3n) is 10.1. The Labute approximate surface area is 308 Å². The molecule has 0 spiro atoms. The average Bonchev–Trinajstić information content (AvgIpc) is 3.41. The van der Waals surface area contributed by atoms with Crippen molar-refractivity contribution in [2.24, 2.45) is 0 Å². The van der Waals surface area contributed by atoms with E-state index in [1.165, 1.54) is 138 Å². The first-order valence-electron chi connectivity index (χ1n) is 21.0. The Balaban J connectivity index is 1.86. The molecule has 0 atom stereocenters. The molecule has 0 amide bonds. The minimum Gasteiger partial charge on any atom is -0.493 e. The number of rotatable bonds is 26. The third-order valence-corrected chi connectivity index (χ3v) is 10.1. The number of hydrogen-bond donors (Lipinski definition) is 0. The molecular formula is C48H70N2. The summed E-state index contributed by atoms with van der Waals surface area (Å²) in [5.74, 6) is 7.14. The van der Waals surface area contributed by atoms with Gasteiger partial charge in [-0.3, -0.25) is 0 Å². The van der Waals surface area contributed by atoms with Crippen molar-refractivity contribution >= 4 is 11.4 Å². The molecule has 2 nitrogen and oxygen atoms in total. The molecule has 0 N–H and O–H groups in total. The molecule has 272 valence electrons. The van der Waals surface area contributed by atoms with E-state index in [1.54, 1.807) is 0 Å². The summed E-state index contributed by atoms with van der Waals surface area (Å²) in [6, 6.07) is 17.7. The second kappa shape index (κ2) is 25.7. The van der Waals surface area contributed by atoms with Crippen LogP contribution < -0.4 is 0 Å². The van der Waals surface area contributed by atoms with Crippen molar-refractivity contribution in [3.63, 3.8) is 0 Å². The number of allylic oxidation sites excluding steroid dienone is 4. The highest BCUT2D eigenvalue weighted by atomic mass is 15.2. The number of unbranched alkanes of at least 4 members (excludes halogenated alkanes) is 18. The molecule has 0 radical (unpaired) electrons. The van der Waals surface area contributed by atoms with E-state index < -0.39 is 0 Å². The second-order valence-corrected chi connectivity index (χ2v) is 14.6. The molecule has 2 heteroatoms. The summed E-state index contributed by atoms with van der Waals surface area (Å²) in [5.41, 5.74) is 20.5. The monoisotopic (exact) mass is 675 g/mol. The molecule has 2 aromatic rings. The molecule has 0 unspecified atom stereocenters. The minimum atomic E-state index is 0.814. The van der Waals surface area contributed by atoms with Crippen molar-refractivity contribution < 1.29 is 4.70 Å². The van der Waals surface area contributed by atoms with Crippen molar-refractivity contribution in [1.82, 2.24) is 0 Å². The first-order valence-corrected chi connectivity index (χ1v) is 21.0. The van der Waals surface area contributed by atoms with E-state index >= 15 is 0 Å². The molecule has 0 saturated carbocycles. The lowest BCUT2D eigenvalue weighted by atomic mass is 9.97. The molecule has 0 saturated heterocycles. The van der Waals surface area contributed by atoms with Gasteiger partial charge in [0.1, 0.15) is 5.57 Å². The summed E-state index contributed by atoms with van der Waals surface area (Å²) in [6.07, 6.45) is 34.5. The fraction of sp³-hybridized carbons (Fsp3) is 0.583. The van der Waals surface area contributed by atoms with E-state index in [0.29, 0.717) is 0 Å². The summed E-state index contributed by atoms with van der Waals surface area (Å²) >= 11 is 0. The van der Waals surface area contributed by atoms with Gasteiger partial charge in [-0.05, 0) is 80.3 Å². The zero-order chi connectivity index (χ0) is 35.7. The number of benzene rings is 2. The van der Waals surface area contributed by atoms with Crippen LogP contribution in [-0.2, 0) is 12.8 Å². The average molecular weight is 675 g/mol. The highest BCUT2D eigenvalue weighted by Crippen LogP contribution is 2.41. The van der Waals surface area contributed by atoms with Crippen molar-refractivity contribution in [1.29, 1.82) is 0 Å². The molecule has 50 heavy (non-hydrogen) atoms. The highest BCUT2D eigenvalue weighted by Gasteiger charge is 2.34. The predicted octanol–water partition coefficient (Wildman–Crippen LogP) is 15.2. The van der Waals surface area contributed by atoms with Crippen molar-refractivity contribution in [2.45, 2.75) is 182 Å². The van der Waals surface area contributed by atoms with E-state index in [2.05, 4.69) is 100 Å². The summed E-state index contributed by atoms with van der Waals surface area (Å²) in [7, 11) is 0. The lowest BCUT2D eigenvalue weighted by Gasteiger charge is -2.10. The van der Waals surface area contributed by atoms with Crippen molar-refractivity contribution in [3.05, 3.63) is 99.6 Å². The Hall–Kier alpha value is -3.18. The number of aryl methyl sites for hydroxylation is 2. The molecular weight excluding hydrogens is 605 g/mol. The molecule has 0 aromatic heterocycles. The van der Waals surface area contributed by atoms with Crippen LogP contribution in [0, 0.1) is 11.8 Å². The SMILES string of the molecule is CCCCCCC#CC1=C(c2ccc(CCCCC)cc2)[N+](=[N-])C(c2cccc(CCCC)c2)=C1C=CCCCCCCCCCCCCC. The smallest absolute Gasteiger partial charge is 0.223 e. The zero-order valence-corrected chi connectivity index (χ0v) is 32.6. The first-order chi connectivity index (χ1) is 24.6. The number of nitrogens with zero attached hydrogens (tertiary/aromatic N) is 2. The highest BCUT2D eigenvalue weighted by molar-refractivity contribution is 5.87. The Morgan fingerprint density at radius 1 is 0.560 bits per heavy atom. The maximum absolute atomic E-state index is 12.1. The normalized spacial score (nSPS) is 13.2. The molecule has 1 aliphatic rings.